The third-order valence-corrected chi connectivity index (χ3v) is 3.91. The molecule has 2 aromatic heterocycles. The van der Waals surface area contributed by atoms with E-state index in [4.69, 9.17) is 22.3 Å². The summed E-state index contributed by atoms with van der Waals surface area (Å²) >= 11 is 5.95. The van der Waals surface area contributed by atoms with Crippen molar-refractivity contribution in [3.8, 4) is 0 Å². The quantitative estimate of drug-likeness (QED) is 0.786. The number of hydrogen-bond acceptors (Lipinski definition) is 3. The highest BCUT2D eigenvalue weighted by atomic mass is 35.5. The maximum absolute atomic E-state index is 5.95. The molecular weight excluding hydrogens is 296 g/mol. The Labute approximate surface area is 134 Å². The second-order valence-corrected chi connectivity index (χ2v) is 5.92. The van der Waals surface area contributed by atoms with Gasteiger partial charge in [0.1, 0.15) is 11.3 Å². The summed E-state index contributed by atoms with van der Waals surface area (Å²) in [7, 11) is 0. The summed E-state index contributed by atoms with van der Waals surface area (Å²) in [5.74, 6) is 1.02. The topological polar surface area (TPSA) is 56.7 Å². The molecule has 0 unspecified atom stereocenters. The number of halogens is 1. The van der Waals surface area contributed by atoms with Crippen LogP contribution in [0.25, 0.3) is 11.2 Å². The fraction of sp³-hybridized carbons (Fsp3) is 0.294. The van der Waals surface area contributed by atoms with E-state index in [9.17, 15) is 0 Å². The molecule has 0 aliphatic heterocycles. The molecule has 4 nitrogen and oxygen atoms in total. The van der Waals surface area contributed by atoms with Crippen LogP contribution in [0.3, 0.4) is 0 Å². The standard InChI is InChI=1S/C17H19ClN4/c1-12-9-15-17(20-11-12)22(8-2-7-19)16(21-15)10-13-3-5-14(18)6-4-13/h3-6,9,11H,2,7-8,10,19H2,1H3. The van der Waals surface area contributed by atoms with Crippen LogP contribution < -0.4 is 5.73 Å². The number of pyridine rings is 1. The van der Waals surface area contributed by atoms with Gasteiger partial charge in [-0.25, -0.2) is 9.97 Å². The Hall–Kier alpha value is -1.91. The molecule has 0 fully saturated rings. The maximum atomic E-state index is 5.95. The molecule has 22 heavy (non-hydrogen) atoms. The molecule has 114 valence electrons. The van der Waals surface area contributed by atoms with Gasteiger partial charge in [0.15, 0.2) is 5.65 Å². The first-order valence-corrected chi connectivity index (χ1v) is 7.81. The van der Waals surface area contributed by atoms with Crippen molar-refractivity contribution >= 4 is 22.8 Å². The SMILES string of the molecule is Cc1cnc2c(c1)nc(Cc1ccc(Cl)cc1)n2CCCN. The minimum atomic E-state index is 0.659. The minimum Gasteiger partial charge on any atom is -0.330 e. The highest BCUT2D eigenvalue weighted by Gasteiger charge is 2.12. The van der Waals surface area contributed by atoms with E-state index in [1.807, 2.05) is 37.4 Å². The zero-order valence-electron chi connectivity index (χ0n) is 12.6. The maximum Gasteiger partial charge on any atom is 0.160 e. The molecule has 2 heterocycles. The van der Waals surface area contributed by atoms with E-state index in [0.29, 0.717) is 6.54 Å². The van der Waals surface area contributed by atoms with E-state index in [-0.39, 0.29) is 0 Å². The fourth-order valence-corrected chi connectivity index (χ4v) is 2.69. The van der Waals surface area contributed by atoms with Crippen LogP contribution in [0.5, 0.6) is 0 Å². The van der Waals surface area contributed by atoms with Gasteiger partial charge in [0, 0.05) is 24.2 Å². The van der Waals surface area contributed by atoms with Crippen molar-refractivity contribution in [1.82, 2.24) is 14.5 Å². The molecule has 0 bridgehead atoms. The van der Waals surface area contributed by atoms with Gasteiger partial charge in [-0.05, 0) is 49.2 Å². The monoisotopic (exact) mass is 314 g/mol. The average Bonchev–Trinajstić information content (AvgIpc) is 2.83. The fourth-order valence-electron chi connectivity index (χ4n) is 2.56. The van der Waals surface area contributed by atoms with Crippen LogP contribution in [0, 0.1) is 6.92 Å². The third-order valence-electron chi connectivity index (χ3n) is 3.66. The first-order valence-electron chi connectivity index (χ1n) is 7.43. The Bertz CT molecular complexity index is 777. The van der Waals surface area contributed by atoms with Gasteiger partial charge >= 0.3 is 0 Å². The lowest BCUT2D eigenvalue weighted by atomic mass is 10.1. The summed E-state index contributed by atoms with van der Waals surface area (Å²) in [4.78, 5) is 9.32. The van der Waals surface area contributed by atoms with Crippen molar-refractivity contribution in [2.45, 2.75) is 26.3 Å². The highest BCUT2D eigenvalue weighted by Crippen LogP contribution is 2.19. The van der Waals surface area contributed by atoms with Gasteiger partial charge in [-0.15, -0.1) is 0 Å². The van der Waals surface area contributed by atoms with E-state index in [2.05, 4.69) is 15.6 Å². The van der Waals surface area contributed by atoms with Crippen molar-refractivity contribution in [3.63, 3.8) is 0 Å². The second kappa shape index (κ2) is 6.46. The van der Waals surface area contributed by atoms with Crippen molar-refractivity contribution in [2.24, 2.45) is 5.73 Å². The molecule has 3 aromatic rings. The average molecular weight is 315 g/mol. The summed E-state index contributed by atoms with van der Waals surface area (Å²) < 4.78 is 2.18. The summed E-state index contributed by atoms with van der Waals surface area (Å²) in [5.41, 5.74) is 9.85. The largest absolute Gasteiger partial charge is 0.330 e. The number of rotatable bonds is 5. The van der Waals surface area contributed by atoms with E-state index < -0.39 is 0 Å². The third kappa shape index (κ3) is 3.13. The molecule has 2 N–H and O–H groups in total. The van der Waals surface area contributed by atoms with E-state index in [1.165, 1.54) is 5.56 Å². The molecule has 0 aliphatic carbocycles. The summed E-state index contributed by atoms with van der Waals surface area (Å²) in [6.07, 6.45) is 3.56. The lowest BCUT2D eigenvalue weighted by Gasteiger charge is -2.08. The van der Waals surface area contributed by atoms with Gasteiger partial charge in [-0.2, -0.15) is 0 Å². The summed E-state index contributed by atoms with van der Waals surface area (Å²) in [6, 6.07) is 9.96. The predicted octanol–water partition coefficient (Wildman–Crippen LogP) is 3.33. The summed E-state index contributed by atoms with van der Waals surface area (Å²) in [5, 5.41) is 0.748. The smallest absolute Gasteiger partial charge is 0.160 e. The molecule has 0 aliphatic rings. The van der Waals surface area contributed by atoms with E-state index in [1.54, 1.807) is 0 Å². The molecule has 1 aromatic carbocycles. The molecule has 5 heteroatoms. The van der Waals surface area contributed by atoms with Gasteiger partial charge in [0.25, 0.3) is 0 Å². The van der Waals surface area contributed by atoms with Gasteiger partial charge < -0.3 is 10.3 Å². The molecule has 0 amide bonds. The Morgan fingerprint density at radius 3 is 2.73 bits per heavy atom. The van der Waals surface area contributed by atoms with Crippen LogP contribution >= 0.6 is 11.6 Å². The van der Waals surface area contributed by atoms with Crippen LogP contribution in [-0.2, 0) is 13.0 Å². The summed E-state index contributed by atoms with van der Waals surface area (Å²) in [6.45, 7) is 3.53. The van der Waals surface area contributed by atoms with Gasteiger partial charge in [0.2, 0.25) is 0 Å². The molecule has 0 saturated heterocycles. The zero-order valence-corrected chi connectivity index (χ0v) is 13.3. The highest BCUT2D eigenvalue weighted by molar-refractivity contribution is 6.30. The molecule has 0 spiro atoms. The van der Waals surface area contributed by atoms with Crippen molar-refractivity contribution in [1.29, 1.82) is 0 Å². The Kier molecular flexibility index (Phi) is 4.41. The number of aromatic nitrogens is 3. The lowest BCUT2D eigenvalue weighted by Crippen LogP contribution is -2.09. The number of benzene rings is 1. The van der Waals surface area contributed by atoms with Gasteiger partial charge in [0.05, 0.1) is 0 Å². The van der Waals surface area contributed by atoms with Crippen LogP contribution in [-0.4, -0.2) is 21.1 Å². The van der Waals surface area contributed by atoms with Gasteiger partial charge in [-0.1, -0.05) is 23.7 Å². The predicted molar refractivity (Wildman–Crippen MR) is 90.2 cm³/mol. The van der Waals surface area contributed by atoms with Crippen molar-refractivity contribution in [3.05, 3.63) is 58.5 Å². The second-order valence-electron chi connectivity index (χ2n) is 5.48. The number of nitrogens with zero attached hydrogens (tertiary/aromatic N) is 3. The molecular formula is C17H19ClN4. The minimum absolute atomic E-state index is 0.659. The normalized spacial score (nSPS) is 11.2. The lowest BCUT2D eigenvalue weighted by molar-refractivity contribution is 0.635. The molecule has 0 saturated carbocycles. The first-order chi connectivity index (χ1) is 10.7. The van der Waals surface area contributed by atoms with Crippen LogP contribution in [0.4, 0.5) is 0 Å². The molecule has 0 radical (unpaired) electrons. The van der Waals surface area contributed by atoms with Crippen LogP contribution in [0.15, 0.2) is 36.5 Å². The molecule has 0 atom stereocenters. The Morgan fingerprint density at radius 2 is 2.00 bits per heavy atom. The Balaban J connectivity index is 2.00. The first kappa shape index (κ1) is 15.0. The van der Waals surface area contributed by atoms with Crippen LogP contribution in [0.2, 0.25) is 5.02 Å². The molecule has 3 rings (SSSR count). The van der Waals surface area contributed by atoms with Crippen molar-refractivity contribution < 1.29 is 0 Å². The van der Waals surface area contributed by atoms with Crippen LogP contribution in [0.1, 0.15) is 23.4 Å². The number of nitrogens with two attached hydrogens (primary N) is 1. The van der Waals surface area contributed by atoms with Crippen molar-refractivity contribution in [2.75, 3.05) is 6.54 Å². The number of fused-ring (bicyclic) bond motifs is 1. The number of hydrogen-bond donors (Lipinski definition) is 1. The number of aryl methyl sites for hydroxylation is 2. The van der Waals surface area contributed by atoms with E-state index >= 15 is 0 Å². The Morgan fingerprint density at radius 1 is 1.23 bits per heavy atom. The van der Waals surface area contributed by atoms with Gasteiger partial charge in [-0.3, -0.25) is 0 Å². The van der Waals surface area contributed by atoms with E-state index in [0.717, 1.165) is 47.0 Å². The number of imidazole rings is 1. The zero-order chi connectivity index (χ0) is 15.5.